The highest BCUT2D eigenvalue weighted by molar-refractivity contribution is 7.12. The van der Waals surface area contributed by atoms with Crippen LogP contribution in [0.4, 0.5) is 5.82 Å². The Bertz CT molecular complexity index is 510. The molecule has 3 nitrogen and oxygen atoms in total. The van der Waals surface area contributed by atoms with E-state index in [2.05, 4.69) is 40.2 Å². The summed E-state index contributed by atoms with van der Waals surface area (Å²) in [6.45, 7) is 5.27. The predicted molar refractivity (Wildman–Crippen MR) is 75.7 cm³/mol. The minimum absolute atomic E-state index is 0.578. The first-order chi connectivity index (χ1) is 8.72. The number of rotatable bonds is 3. The van der Waals surface area contributed by atoms with E-state index in [1.165, 1.54) is 10.6 Å². The van der Waals surface area contributed by atoms with Gasteiger partial charge < -0.3 is 5.73 Å². The number of benzene rings is 1. The summed E-state index contributed by atoms with van der Waals surface area (Å²) in [5.41, 5.74) is 7.18. The molecule has 94 valence electrons. The van der Waals surface area contributed by atoms with Gasteiger partial charge in [-0.3, -0.25) is 4.90 Å². The number of aromatic nitrogens is 1. The van der Waals surface area contributed by atoms with Gasteiger partial charge in [0.05, 0.1) is 0 Å². The van der Waals surface area contributed by atoms with Crippen LogP contribution in [-0.4, -0.2) is 23.0 Å². The van der Waals surface area contributed by atoms with Gasteiger partial charge in [-0.2, -0.15) is 0 Å². The van der Waals surface area contributed by atoms with Crippen molar-refractivity contribution in [2.45, 2.75) is 19.4 Å². The molecule has 0 spiro atoms. The summed E-state index contributed by atoms with van der Waals surface area (Å²) in [5, 5.41) is 1.20. The maximum atomic E-state index is 5.80. The number of thiazole rings is 1. The van der Waals surface area contributed by atoms with Crippen molar-refractivity contribution in [1.29, 1.82) is 0 Å². The summed E-state index contributed by atoms with van der Waals surface area (Å²) in [7, 11) is 0. The Hall–Kier alpha value is -1.39. The first kappa shape index (κ1) is 11.7. The number of anilines is 1. The largest absolute Gasteiger partial charge is 0.383 e. The molecular weight excluding hydrogens is 242 g/mol. The van der Waals surface area contributed by atoms with Crippen LogP contribution in [0.25, 0.3) is 0 Å². The van der Waals surface area contributed by atoms with E-state index in [0.717, 1.165) is 24.5 Å². The summed E-state index contributed by atoms with van der Waals surface area (Å²) in [5.74, 6) is 1.28. The number of likely N-dealkylation sites (tertiary alicyclic amines) is 1. The Morgan fingerprint density at radius 3 is 2.67 bits per heavy atom. The van der Waals surface area contributed by atoms with Crippen LogP contribution in [0.2, 0.25) is 0 Å². The molecule has 1 aliphatic heterocycles. The summed E-state index contributed by atoms with van der Waals surface area (Å²) in [6, 6.07) is 10.6. The molecule has 0 aliphatic carbocycles. The van der Waals surface area contributed by atoms with E-state index in [9.17, 15) is 0 Å². The second-order valence-corrected chi connectivity index (χ2v) is 6.10. The number of hydrogen-bond donors (Lipinski definition) is 1. The molecule has 2 N–H and O–H groups in total. The van der Waals surface area contributed by atoms with E-state index in [-0.39, 0.29) is 0 Å². The van der Waals surface area contributed by atoms with Gasteiger partial charge in [0, 0.05) is 30.4 Å². The van der Waals surface area contributed by atoms with Crippen molar-refractivity contribution in [3.05, 3.63) is 45.8 Å². The Labute approximate surface area is 111 Å². The van der Waals surface area contributed by atoms with E-state index in [1.807, 2.05) is 6.92 Å². The third kappa shape index (κ3) is 2.26. The van der Waals surface area contributed by atoms with Crippen molar-refractivity contribution in [3.8, 4) is 0 Å². The van der Waals surface area contributed by atoms with Crippen molar-refractivity contribution < 1.29 is 0 Å². The maximum absolute atomic E-state index is 5.80. The van der Waals surface area contributed by atoms with Gasteiger partial charge in [-0.25, -0.2) is 4.98 Å². The molecule has 1 fully saturated rings. The van der Waals surface area contributed by atoms with Crippen LogP contribution >= 0.6 is 11.3 Å². The van der Waals surface area contributed by atoms with E-state index in [1.54, 1.807) is 11.3 Å². The number of hydrogen-bond acceptors (Lipinski definition) is 4. The molecule has 0 saturated carbocycles. The molecule has 3 rings (SSSR count). The van der Waals surface area contributed by atoms with Crippen LogP contribution in [0.5, 0.6) is 0 Å². The fourth-order valence-corrected chi connectivity index (χ4v) is 3.22. The first-order valence-corrected chi connectivity index (χ1v) is 7.03. The van der Waals surface area contributed by atoms with Gasteiger partial charge in [0.25, 0.3) is 0 Å². The van der Waals surface area contributed by atoms with Gasteiger partial charge in [-0.15, -0.1) is 11.3 Å². The molecular formula is C14H17N3S. The average Bonchev–Trinajstić information content (AvgIpc) is 2.65. The predicted octanol–water partition coefficient (Wildman–Crippen LogP) is 2.63. The Morgan fingerprint density at radius 1 is 1.33 bits per heavy atom. The second kappa shape index (κ2) is 4.71. The minimum atomic E-state index is 0.578. The zero-order valence-corrected chi connectivity index (χ0v) is 11.3. The van der Waals surface area contributed by atoms with E-state index >= 15 is 0 Å². The first-order valence-electron chi connectivity index (χ1n) is 6.21. The third-order valence-electron chi connectivity index (χ3n) is 3.40. The monoisotopic (exact) mass is 259 g/mol. The lowest BCUT2D eigenvalue weighted by molar-refractivity contribution is 0.139. The SMILES string of the molecule is Cc1sc(C2CN(Cc3ccccc3)C2)nc1N. The van der Waals surface area contributed by atoms with Gasteiger partial charge in [0.15, 0.2) is 0 Å². The maximum Gasteiger partial charge on any atom is 0.137 e. The lowest BCUT2D eigenvalue weighted by Gasteiger charge is -2.38. The molecule has 2 aromatic rings. The van der Waals surface area contributed by atoms with Crippen molar-refractivity contribution in [2.75, 3.05) is 18.8 Å². The highest BCUT2D eigenvalue weighted by Gasteiger charge is 2.30. The molecule has 1 aliphatic rings. The third-order valence-corrected chi connectivity index (χ3v) is 4.55. The van der Waals surface area contributed by atoms with Crippen LogP contribution in [0.1, 0.15) is 21.4 Å². The average molecular weight is 259 g/mol. The molecule has 4 heteroatoms. The molecule has 18 heavy (non-hydrogen) atoms. The quantitative estimate of drug-likeness (QED) is 0.921. The highest BCUT2D eigenvalue weighted by Crippen LogP contribution is 2.33. The van der Waals surface area contributed by atoms with Gasteiger partial charge in [0.1, 0.15) is 10.8 Å². The summed E-state index contributed by atoms with van der Waals surface area (Å²) in [6.07, 6.45) is 0. The number of nitrogen functional groups attached to an aromatic ring is 1. The van der Waals surface area contributed by atoms with Crippen molar-refractivity contribution >= 4 is 17.2 Å². The van der Waals surface area contributed by atoms with E-state index < -0.39 is 0 Å². The highest BCUT2D eigenvalue weighted by atomic mass is 32.1. The molecule has 1 saturated heterocycles. The fourth-order valence-electron chi connectivity index (χ4n) is 2.30. The Kier molecular flexibility index (Phi) is 3.06. The molecule has 0 amide bonds. The van der Waals surface area contributed by atoms with Crippen LogP contribution in [-0.2, 0) is 6.54 Å². The zero-order chi connectivity index (χ0) is 12.5. The lowest BCUT2D eigenvalue weighted by atomic mass is 10.00. The van der Waals surface area contributed by atoms with Crippen LogP contribution in [0.15, 0.2) is 30.3 Å². The van der Waals surface area contributed by atoms with E-state index in [4.69, 9.17) is 5.73 Å². The summed E-state index contributed by atoms with van der Waals surface area (Å²) in [4.78, 5) is 8.04. The normalized spacial score (nSPS) is 16.7. The molecule has 0 radical (unpaired) electrons. The van der Waals surface area contributed by atoms with Crippen LogP contribution in [0.3, 0.4) is 0 Å². The molecule has 2 heterocycles. The van der Waals surface area contributed by atoms with Crippen LogP contribution < -0.4 is 5.73 Å². The summed E-state index contributed by atoms with van der Waals surface area (Å²) < 4.78 is 0. The van der Waals surface area contributed by atoms with Crippen LogP contribution in [0, 0.1) is 6.92 Å². The summed E-state index contributed by atoms with van der Waals surface area (Å²) >= 11 is 1.74. The zero-order valence-electron chi connectivity index (χ0n) is 10.5. The van der Waals surface area contributed by atoms with Gasteiger partial charge in [0.2, 0.25) is 0 Å². The van der Waals surface area contributed by atoms with Crippen molar-refractivity contribution in [1.82, 2.24) is 9.88 Å². The molecule has 0 bridgehead atoms. The van der Waals surface area contributed by atoms with Crippen molar-refractivity contribution in [2.24, 2.45) is 0 Å². The Balaban J connectivity index is 1.57. The number of nitrogens with zero attached hydrogens (tertiary/aromatic N) is 2. The molecule has 1 aromatic carbocycles. The molecule has 0 unspecified atom stereocenters. The minimum Gasteiger partial charge on any atom is -0.383 e. The lowest BCUT2D eigenvalue weighted by Crippen LogP contribution is -2.44. The van der Waals surface area contributed by atoms with Gasteiger partial charge in [-0.05, 0) is 12.5 Å². The molecule has 1 aromatic heterocycles. The molecule has 0 atom stereocenters. The van der Waals surface area contributed by atoms with E-state index in [0.29, 0.717) is 11.7 Å². The standard InChI is InChI=1S/C14H17N3S/c1-10-13(15)16-14(18-10)12-8-17(9-12)7-11-5-3-2-4-6-11/h2-6,12H,7-9,15H2,1H3. The fraction of sp³-hybridized carbons (Fsp3) is 0.357. The smallest absolute Gasteiger partial charge is 0.137 e. The van der Waals surface area contributed by atoms with Crippen molar-refractivity contribution in [3.63, 3.8) is 0 Å². The van der Waals surface area contributed by atoms with Gasteiger partial charge in [-0.1, -0.05) is 30.3 Å². The topological polar surface area (TPSA) is 42.2 Å². The second-order valence-electron chi connectivity index (χ2n) is 4.87. The van der Waals surface area contributed by atoms with Gasteiger partial charge >= 0.3 is 0 Å². The number of nitrogens with two attached hydrogens (primary N) is 1. The number of aryl methyl sites for hydroxylation is 1. The Morgan fingerprint density at radius 2 is 2.06 bits per heavy atom.